The number of aliphatic hydroxyl groups is 1. The van der Waals surface area contributed by atoms with Crippen molar-refractivity contribution >= 4 is 11.8 Å². The Bertz CT molecular complexity index is 1070. The van der Waals surface area contributed by atoms with Gasteiger partial charge in [0.15, 0.2) is 0 Å². The highest BCUT2D eigenvalue weighted by molar-refractivity contribution is 5.89. The van der Waals surface area contributed by atoms with E-state index in [2.05, 4.69) is 16.4 Å². The number of pyridine rings is 1. The molecule has 0 amide bonds. The number of fused-ring (bicyclic) bond motifs is 1. The first kappa shape index (κ1) is 20.8. The molecule has 1 aromatic heterocycles. The average Bonchev–Trinajstić information content (AvgIpc) is 2.79. The molecule has 2 heterocycles. The summed E-state index contributed by atoms with van der Waals surface area (Å²) >= 11 is 0. The van der Waals surface area contributed by atoms with Gasteiger partial charge >= 0.3 is 5.97 Å². The van der Waals surface area contributed by atoms with Gasteiger partial charge in [-0.25, -0.2) is 9.78 Å². The number of ether oxygens (including phenoxy) is 1. The predicted molar refractivity (Wildman–Crippen MR) is 118 cm³/mol. The first-order valence-electron chi connectivity index (χ1n) is 10.2. The third-order valence-corrected chi connectivity index (χ3v) is 5.44. The third kappa shape index (κ3) is 5.02. The number of carboxylic acid groups (broad SMARTS) is 1. The Morgan fingerprint density at radius 2 is 2.03 bits per heavy atom. The lowest BCUT2D eigenvalue weighted by Crippen LogP contribution is -2.36. The van der Waals surface area contributed by atoms with Gasteiger partial charge in [0.2, 0.25) is 0 Å². The number of nitrogens with zero attached hydrogens (tertiary/aromatic N) is 1. The summed E-state index contributed by atoms with van der Waals surface area (Å²) in [5.74, 6) is 0.340. The van der Waals surface area contributed by atoms with Gasteiger partial charge in [0.1, 0.15) is 17.7 Å². The number of aromatic nitrogens is 1. The number of rotatable bonds is 7. The molecule has 7 heteroatoms. The second-order valence-corrected chi connectivity index (χ2v) is 7.68. The molecule has 7 nitrogen and oxygen atoms in total. The minimum Gasteiger partial charge on any atom is -0.489 e. The van der Waals surface area contributed by atoms with Gasteiger partial charge in [0.05, 0.1) is 11.7 Å². The van der Waals surface area contributed by atoms with Crippen molar-refractivity contribution in [3.63, 3.8) is 0 Å². The van der Waals surface area contributed by atoms with E-state index in [1.807, 2.05) is 18.2 Å². The zero-order chi connectivity index (χ0) is 21.8. The number of aromatic carboxylic acids is 1. The van der Waals surface area contributed by atoms with Crippen molar-refractivity contribution in [1.82, 2.24) is 10.3 Å². The summed E-state index contributed by atoms with van der Waals surface area (Å²) in [4.78, 5) is 15.2. The minimum absolute atomic E-state index is 0.0189. The number of carbonyl (C=O) groups is 1. The third-order valence-electron chi connectivity index (χ3n) is 5.44. The van der Waals surface area contributed by atoms with Gasteiger partial charge in [-0.05, 0) is 59.9 Å². The quantitative estimate of drug-likeness (QED) is 0.465. The Balaban J connectivity index is 1.34. The number of nitrogens with one attached hydrogen (secondary N) is 1. The van der Waals surface area contributed by atoms with E-state index in [0.29, 0.717) is 18.9 Å². The Kier molecular flexibility index (Phi) is 6.16. The van der Waals surface area contributed by atoms with E-state index in [9.17, 15) is 15.0 Å². The molecule has 3 aromatic rings. The number of anilines is 1. The first-order valence-corrected chi connectivity index (χ1v) is 10.2. The maximum Gasteiger partial charge on any atom is 0.335 e. The van der Waals surface area contributed by atoms with Gasteiger partial charge < -0.3 is 26.0 Å². The van der Waals surface area contributed by atoms with Crippen LogP contribution in [0.3, 0.4) is 0 Å². The number of nitrogen functional groups attached to an aromatic ring is 1. The van der Waals surface area contributed by atoms with Gasteiger partial charge in [-0.1, -0.05) is 24.3 Å². The Morgan fingerprint density at radius 3 is 2.81 bits per heavy atom. The highest BCUT2D eigenvalue weighted by Gasteiger charge is 2.20. The SMILES string of the molecule is Nc1ccc([C@H](O)CNC[C@H]2CCc3cc(-c4cccc(C(=O)O)c4)ccc3O2)cn1. The average molecular weight is 419 g/mol. The molecule has 0 unspecified atom stereocenters. The second kappa shape index (κ2) is 9.16. The normalized spacial score (nSPS) is 16.2. The molecule has 0 fully saturated rings. The van der Waals surface area contributed by atoms with Crippen molar-refractivity contribution in [2.24, 2.45) is 0 Å². The van der Waals surface area contributed by atoms with Crippen molar-refractivity contribution in [2.75, 3.05) is 18.8 Å². The van der Waals surface area contributed by atoms with E-state index in [1.165, 1.54) is 0 Å². The topological polar surface area (TPSA) is 118 Å². The molecule has 2 atom stereocenters. The maximum atomic E-state index is 11.2. The molecule has 5 N–H and O–H groups in total. The lowest BCUT2D eigenvalue weighted by molar-refractivity contribution is 0.0697. The molecule has 31 heavy (non-hydrogen) atoms. The summed E-state index contributed by atoms with van der Waals surface area (Å²) in [7, 11) is 0. The van der Waals surface area contributed by atoms with Crippen LogP contribution < -0.4 is 15.8 Å². The lowest BCUT2D eigenvalue weighted by Gasteiger charge is -2.27. The van der Waals surface area contributed by atoms with Crippen LogP contribution in [-0.2, 0) is 6.42 Å². The van der Waals surface area contributed by atoms with Gasteiger partial charge in [0, 0.05) is 24.8 Å². The molecule has 0 bridgehead atoms. The molecule has 1 aliphatic rings. The lowest BCUT2D eigenvalue weighted by atomic mass is 9.96. The summed E-state index contributed by atoms with van der Waals surface area (Å²) in [5.41, 5.74) is 9.53. The van der Waals surface area contributed by atoms with Crippen LogP contribution in [0.5, 0.6) is 5.75 Å². The minimum atomic E-state index is -0.934. The molecule has 0 saturated carbocycles. The number of hydrogen-bond acceptors (Lipinski definition) is 6. The molecule has 4 rings (SSSR count). The number of nitrogens with two attached hydrogens (primary N) is 1. The molecule has 0 radical (unpaired) electrons. The number of aliphatic hydroxyl groups excluding tert-OH is 1. The highest BCUT2D eigenvalue weighted by Crippen LogP contribution is 2.32. The highest BCUT2D eigenvalue weighted by atomic mass is 16.5. The van der Waals surface area contributed by atoms with Crippen molar-refractivity contribution < 1.29 is 19.7 Å². The predicted octanol–water partition coefficient (Wildman–Crippen LogP) is 3.05. The van der Waals surface area contributed by atoms with Gasteiger partial charge in [-0.3, -0.25) is 0 Å². The fourth-order valence-electron chi connectivity index (χ4n) is 3.71. The molecular weight excluding hydrogens is 394 g/mol. The number of benzene rings is 2. The number of aryl methyl sites for hydroxylation is 1. The van der Waals surface area contributed by atoms with E-state index in [4.69, 9.17) is 10.5 Å². The standard InChI is InChI=1S/C24H25N3O4/c25-23-9-6-19(12-27-23)21(28)14-26-13-20-7-4-17-10-16(5-8-22(17)31-20)15-2-1-3-18(11-15)24(29)30/h1-3,5-6,8-12,20-21,26,28H,4,7,13-14H2,(H2,25,27)(H,29,30)/t20-,21-/m1/s1. The zero-order valence-electron chi connectivity index (χ0n) is 17.0. The molecule has 1 aliphatic heterocycles. The number of carboxylic acids is 1. The summed E-state index contributed by atoms with van der Waals surface area (Å²) in [6.45, 7) is 1.03. The summed E-state index contributed by atoms with van der Waals surface area (Å²) < 4.78 is 6.12. The van der Waals surface area contributed by atoms with Crippen LogP contribution >= 0.6 is 0 Å². The fourth-order valence-corrected chi connectivity index (χ4v) is 3.71. The van der Waals surface area contributed by atoms with Crippen molar-refractivity contribution in [2.45, 2.75) is 25.0 Å². The van der Waals surface area contributed by atoms with Crippen molar-refractivity contribution in [3.05, 3.63) is 77.5 Å². The van der Waals surface area contributed by atoms with E-state index in [1.54, 1.807) is 36.5 Å². The van der Waals surface area contributed by atoms with Crippen molar-refractivity contribution in [1.29, 1.82) is 0 Å². The van der Waals surface area contributed by atoms with Gasteiger partial charge in [-0.15, -0.1) is 0 Å². The molecule has 0 spiro atoms. The fraction of sp³-hybridized carbons (Fsp3) is 0.250. The second-order valence-electron chi connectivity index (χ2n) is 7.68. The van der Waals surface area contributed by atoms with Crippen LogP contribution in [0.2, 0.25) is 0 Å². The molecule has 0 aliphatic carbocycles. The molecule has 2 aromatic carbocycles. The van der Waals surface area contributed by atoms with Crippen LogP contribution in [0.25, 0.3) is 11.1 Å². The Morgan fingerprint density at radius 1 is 1.19 bits per heavy atom. The zero-order valence-corrected chi connectivity index (χ0v) is 17.0. The van der Waals surface area contributed by atoms with Crippen LogP contribution in [-0.4, -0.2) is 40.4 Å². The van der Waals surface area contributed by atoms with E-state index >= 15 is 0 Å². The largest absolute Gasteiger partial charge is 0.489 e. The number of hydrogen-bond donors (Lipinski definition) is 4. The van der Waals surface area contributed by atoms with E-state index < -0.39 is 12.1 Å². The molecular formula is C24H25N3O4. The summed E-state index contributed by atoms with van der Waals surface area (Å²) in [5, 5.41) is 22.7. The van der Waals surface area contributed by atoms with E-state index in [0.717, 1.165) is 40.8 Å². The van der Waals surface area contributed by atoms with Gasteiger partial charge in [0.25, 0.3) is 0 Å². The smallest absolute Gasteiger partial charge is 0.335 e. The Hall–Kier alpha value is -3.42. The molecule has 160 valence electrons. The first-order chi connectivity index (χ1) is 15.0. The summed E-state index contributed by atoms with van der Waals surface area (Å²) in [6, 6.07) is 16.3. The monoisotopic (exact) mass is 419 g/mol. The van der Waals surface area contributed by atoms with Crippen molar-refractivity contribution in [3.8, 4) is 16.9 Å². The van der Waals surface area contributed by atoms with Crippen LogP contribution in [0, 0.1) is 0 Å². The summed E-state index contributed by atoms with van der Waals surface area (Å²) in [6.07, 6.45) is 2.67. The Labute approximate surface area is 180 Å². The molecule has 0 saturated heterocycles. The van der Waals surface area contributed by atoms with Crippen LogP contribution in [0.4, 0.5) is 5.82 Å². The maximum absolute atomic E-state index is 11.2. The van der Waals surface area contributed by atoms with E-state index in [-0.39, 0.29) is 11.7 Å². The van der Waals surface area contributed by atoms with Gasteiger partial charge in [-0.2, -0.15) is 0 Å². The van der Waals surface area contributed by atoms with Crippen LogP contribution in [0.1, 0.15) is 34.0 Å². The van der Waals surface area contributed by atoms with Crippen LogP contribution in [0.15, 0.2) is 60.8 Å².